The van der Waals surface area contributed by atoms with Crippen LogP contribution in [0.1, 0.15) is 12.0 Å². The van der Waals surface area contributed by atoms with Gasteiger partial charge in [-0.2, -0.15) is 5.26 Å². The molecule has 1 aromatic rings. The Balaban J connectivity index is 2.77. The van der Waals surface area contributed by atoms with E-state index in [9.17, 15) is 4.79 Å². The van der Waals surface area contributed by atoms with Crippen LogP contribution < -0.4 is 25.3 Å². The van der Waals surface area contributed by atoms with Crippen molar-refractivity contribution in [1.29, 1.82) is 5.26 Å². The largest absolute Gasteiger partial charge is 0.493 e. The average molecular weight is 293 g/mol. The number of amides is 1. The number of carbonyl (C=O) groups excluding carboxylic acids is 1. The molecule has 0 aromatic heterocycles. The van der Waals surface area contributed by atoms with Gasteiger partial charge in [0, 0.05) is 13.1 Å². The zero-order valence-corrected chi connectivity index (χ0v) is 12.1. The summed E-state index contributed by atoms with van der Waals surface area (Å²) in [4.78, 5) is 11.6. The Labute approximate surface area is 123 Å². The fourth-order valence-corrected chi connectivity index (χ4v) is 1.64. The van der Waals surface area contributed by atoms with E-state index in [2.05, 4.69) is 5.32 Å². The summed E-state index contributed by atoms with van der Waals surface area (Å²) >= 11 is 0. The molecule has 0 aliphatic heterocycles. The van der Waals surface area contributed by atoms with Gasteiger partial charge in [-0.1, -0.05) is 0 Å². The molecule has 0 fully saturated rings. The van der Waals surface area contributed by atoms with Gasteiger partial charge in [-0.05, 0) is 17.7 Å². The maximum atomic E-state index is 11.6. The number of nitrogens with one attached hydrogen (secondary N) is 1. The molecule has 0 radical (unpaired) electrons. The van der Waals surface area contributed by atoms with Crippen LogP contribution in [-0.2, 0) is 11.3 Å². The van der Waals surface area contributed by atoms with Crippen LogP contribution in [0.25, 0.3) is 0 Å². The number of hydrogen-bond donors (Lipinski definition) is 2. The Morgan fingerprint density at radius 1 is 1.33 bits per heavy atom. The van der Waals surface area contributed by atoms with Crippen molar-refractivity contribution in [1.82, 2.24) is 5.32 Å². The molecule has 114 valence electrons. The van der Waals surface area contributed by atoms with Crippen LogP contribution >= 0.6 is 0 Å². The summed E-state index contributed by atoms with van der Waals surface area (Å²) in [6.07, 6.45) is 0.254. The van der Waals surface area contributed by atoms with Gasteiger partial charge >= 0.3 is 0 Å². The smallest absolute Gasteiger partial charge is 0.257 e. The van der Waals surface area contributed by atoms with Crippen molar-refractivity contribution in [2.24, 2.45) is 5.73 Å². The Morgan fingerprint density at radius 3 is 2.43 bits per heavy atom. The molecular formula is C14H19N3O4. The molecular weight excluding hydrogens is 274 g/mol. The predicted molar refractivity (Wildman–Crippen MR) is 76.2 cm³/mol. The molecule has 0 saturated heterocycles. The third kappa shape index (κ3) is 4.85. The van der Waals surface area contributed by atoms with Gasteiger partial charge in [-0.15, -0.1) is 0 Å². The number of nitriles is 1. The van der Waals surface area contributed by atoms with E-state index in [1.807, 2.05) is 6.07 Å². The zero-order valence-electron chi connectivity index (χ0n) is 12.1. The second-order valence-corrected chi connectivity index (χ2v) is 4.08. The quantitative estimate of drug-likeness (QED) is 0.679. The number of nitrogens with zero attached hydrogens (tertiary/aromatic N) is 1. The number of nitrogens with two attached hydrogens (primary N) is 1. The minimum atomic E-state index is -0.322. The van der Waals surface area contributed by atoms with Gasteiger partial charge in [0.15, 0.2) is 18.1 Å². The first-order valence-corrected chi connectivity index (χ1v) is 6.37. The number of hydrogen-bond acceptors (Lipinski definition) is 6. The summed E-state index contributed by atoms with van der Waals surface area (Å²) in [6, 6.07) is 5.39. The molecule has 1 aromatic carbocycles. The summed E-state index contributed by atoms with van der Waals surface area (Å²) < 4.78 is 15.9. The number of benzene rings is 1. The minimum absolute atomic E-state index is 0.194. The molecule has 1 amide bonds. The number of methoxy groups -OCH3 is 2. The van der Waals surface area contributed by atoms with Crippen molar-refractivity contribution in [3.8, 4) is 23.3 Å². The zero-order chi connectivity index (χ0) is 15.7. The van der Waals surface area contributed by atoms with Crippen molar-refractivity contribution in [3.63, 3.8) is 0 Å². The van der Waals surface area contributed by atoms with E-state index in [-0.39, 0.29) is 18.9 Å². The normalized spacial score (nSPS) is 9.62. The lowest BCUT2D eigenvalue weighted by Crippen LogP contribution is -2.29. The number of carbonyl (C=O) groups is 1. The highest BCUT2D eigenvalue weighted by atomic mass is 16.5. The van der Waals surface area contributed by atoms with E-state index in [0.29, 0.717) is 30.3 Å². The molecule has 0 heterocycles. The second-order valence-electron chi connectivity index (χ2n) is 4.08. The lowest BCUT2D eigenvalue weighted by molar-refractivity contribution is -0.123. The van der Waals surface area contributed by atoms with Crippen molar-refractivity contribution in [3.05, 3.63) is 17.7 Å². The van der Waals surface area contributed by atoms with Gasteiger partial charge in [0.1, 0.15) is 0 Å². The Kier molecular flexibility index (Phi) is 6.84. The molecule has 1 rings (SSSR count). The molecule has 21 heavy (non-hydrogen) atoms. The maximum Gasteiger partial charge on any atom is 0.257 e. The van der Waals surface area contributed by atoms with Gasteiger partial charge < -0.3 is 25.3 Å². The molecule has 0 unspecified atom stereocenters. The standard InChI is InChI=1S/C14H19N3O4/c1-19-11-6-10(8-16)7-12(20-2)14(11)21-9-13(18)17-5-3-4-15/h6-7H,3,5,8-9,16H2,1-2H3,(H,17,18). The van der Waals surface area contributed by atoms with Crippen LogP contribution in [0.3, 0.4) is 0 Å². The van der Waals surface area contributed by atoms with E-state index in [1.165, 1.54) is 14.2 Å². The number of rotatable bonds is 8. The first kappa shape index (κ1) is 16.6. The van der Waals surface area contributed by atoms with Crippen LogP contribution in [0, 0.1) is 11.3 Å². The maximum absolute atomic E-state index is 11.6. The lowest BCUT2D eigenvalue weighted by atomic mass is 10.2. The Morgan fingerprint density at radius 2 is 1.95 bits per heavy atom. The van der Waals surface area contributed by atoms with Gasteiger partial charge in [-0.3, -0.25) is 4.79 Å². The van der Waals surface area contributed by atoms with Gasteiger partial charge in [0.25, 0.3) is 5.91 Å². The molecule has 0 aliphatic rings. The summed E-state index contributed by atoms with van der Waals surface area (Å²) in [6.45, 7) is 0.431. The van der Waals surface area contributed by atoms with Crippen molar-refractivity contribution in [2.75, 3.05) is 27.4 Å². The minimum Gasteiger partial charge on any atom is -0.493 e. The first-order chi connectivity index (χ1) is 10.2. The van der Waals surface area contributed by atoms with E-state index < -0.39 is 0 Å². The van der Waals surface area contributed by atoms with E-state index in [4.69, 9.17) is 25.2 Å². The molecule has 0 bridgehead atoms. The van der Waals surface area contributed by atoms with Crippen LogP contribution in [-0.4, -0.2) is 33.3 Å². The predicted octanol–water partition coefficient (Wildman–Crippen LogP) is 0.571. The molecule has 0 atom stereocenters. The molecule has 7 nitrogen and oxygen atoms in total. The highest BCUT2D eigenvalue weighted by Crippen LogP contribution is 2.38. The third-order valence-electron chi connectivity index (χ3n) is 2.66. The number of ether oxygens (including phenoxy) is 3. The monoisotopic (exact) mass is 293 g/mol. The van der Waals surface area contributed by atoms with Gasteiger partial charge in [0.2, 0.25) is 5.75 Å². The second kappa shape index (κ2) is 8.66. The SMILES string of the molecule is COc1cc(CN)cc(OC)c1OCC(=O)NCCC#N. The summed E-state index contributed by atoms with van der Waals surface area (Å²) in [5, 5.41) is 11.0. The highest BCUT2D eigenvalue weighted by molar-refractivity contribution is 5.77. The van der Waals surface area contributed by atoms with Crippen molar-refractivity contribution in [2.45, 2.75) is 13.0 Å². The van der Waals surface area contributed by atoms with Crippen LogP contribution in [0.4, 0.5) is 0 Å². The van der Waals surface area contributed by atoms with Gasteiger partial charge in [0.05, 0.1) is 26.7 Å². The van der Waals surface area contributed by atoms with Crippen LogP contribution in [0.15, 0.2) is 12.1 Å². The van der Waals surface area contributed by atoms with Crippen LogP contribution in [0.2, 0.25) is 0 Å². The molecule has 0 saturated carbocycles. The van der Waals surface area contributed by atoms with E-state index >= 15 is 0 Å². The third-order valence-corrected chi connectivity index (χ3v) is 2.66. The summed E-state index contributed by atoms with van der Waals surface area (Å²) in [5.41, 5.74) is 6.42. The summed E-state index contributed by atoms with van der Waals surface area (Å²) in [7, 11) is 2.99. The lowest BCUT2D eigenvalue weighted by Gasteiger charge is -2.15. The van der Waals surface area contributed by atoms with Crippen molar-refractivity contribution < 1.29 is 19.0 Å². The highest BCUT2D eigenvalue weighted by Gasteiger charge is 2.15. The van der Waals surface area contributed by atoms with Gasteiger partial charge in [-0.25, -0.2) is 0 Å². The Hall–Kier alpha value is -2.46. The average Bonchev–Trinajstić information content (AvgIpc) is 2.52. The fraction of sp³-hybridized carbons (Fsp3) is 0.429. The summed E-state index contributed by atoms with van der Waals surface area (Å²) in [5.74, 6) is 0.907. The molecule has 0 aliphatic carbocycles. The Bertz CT molecular complexity index is 500. The van der Waals surface area contributed by atoms with Crippen LogP contribution in [0.5, 0.6) is 17.2 Å². The first-order valence-electron chi connectivity index (χ1n) is 6.37. The van der Waals surface area contributed by atoms with E-state index in [1.54, 1.807) is 12.1 Å². The topological polar surface area (TPSA) is 107 Å². The fourth-order valence-electron chi connectivity index (χ4n) is 1.64. The van der Waals surface area contributed by atoms with E-state index in [0.717, 1.165) is 5.56 Å². The molecule has 7 heteroatoms. The van der Waals surface area contributed by atoms with Crippen molar-refractivity contribution >= 4 is 5.91 Å². The molecule has 0 spiro atoms. The molecule has 3 N–H and O–H groups in total.